The Kier molecular flexibility index (Phi) is 5.74. The Bertz CT molecular complexity index is 606. The van der Waals surface area contributed by atoms with Crippen molar-refractivity contribution >= 4 is 5.91 Å². The van der Waals surface area contributed by atoms with Gasteiger partial charge in [0.2, 0.25) is 0 Å². The zero-order valence-electron chi connectivity index (χ0n) is 14.0. The van der Waals surface area contributed by atoms with Crippen molar-refractivity contribution in [2.45, 2.75) is 33.2 Å². The summed E-state index contributed by atoms with van der Waals surface area (Å²) in [7, 11) is 0. The molecule has 4 nitrogen and oxygen atoms in total. The molecule has 2 aromatic rings. The molecule has 0 fully saturated rings. The molecule has 1 atom stereocenters. The number of nitrogens with zero attached hydrogens (tertiary/aromatic N) is 1. The third-order valence-electron chi connectivity index (χ3n) is 3.35. The first-order valence-electron chi connectivity index (χ1n) is 7.81. The van der Waals surface area contributed by atoms with Crippen LogP contribution in [0.5, 0.6) is 5.75 Å². The monoisotopic (exact) mass is 312 g/mol. The second-order valence-corrected chi connectivity index (χ2v) is 6.77. The first kappa shape index (κ1) is 17.0. The Hall–Kier alpha value is -2.36. The highest BCUT2D eigenvalue weighted by atomic mass is 16.5. The molecule has 4 heteroatoms. The molecule has 1 heterocycles. The van der Waals surface area contributed by atoms with E-state index in [0.29, 0.717) is 5.75 Å². The summed E-state index contributed by atoms with van der Waals surface area (Å²) in [5.74, 6) is 0.559. The molecule has 2 rings (SSSR count). The van der Waals surface area contributed by atoms with Crippen LogP contribution in [0.25, 0.3) is 0 Å². The fourth-order valence-electron chi connectivity index (χ4n) is 2.35. The SMILES string of the molecule is CC(C)(C)CC(NC(=O)COc1ccccc1)c1cccnc1. The predicted octanol–water partition coefficient (Wildman–Crippen LogP) is 3.75. The van der Waals surface area contributed by atoms with E-state index in [1.54, 1.807) is 12.4 Å². The second-order valence-electron chi connectivity index (χ2n) is 6.77. The largest absolute Gasteiger partial charge is 0.484 e. The number of pyridine rings is 1. The molecule has 23 heavy (non-hydrogen) atoms. The van der Waals surface area contributed by atoms with Crippen molar-refractivity contribution in [3.8, 4) is 5.75 Å². The highest BCUT2D eigenvalue weighted by Crippen LogP contribution is 2.29. The molecule has 0 aliphatic carbocycles. The summed E-state index contributed by atoms with van der Waals surface area (Å²) in [4.78, 5) is 16.4. The predicted molar refractivity (Wildman–Crippen MR) is 91.1 cm³/mol. The maximum atomic E-state index is 12.2. The Morgan fingerprint density at radius 1 is 1.17 bits per heavy atom. The third kappa shape index (κ3) is 6.10. The van der Waals surface area contributed by atoms with E-state index in [9.17, 15) is 4.79 Å². The van der Waals surface area contributed by atoms with Crippen LogP contribution in [0.4, 0.5) is 0 Å². The quantitative estimate of drug-likeness (QED) is 0.883. The minimum absolute atomic E-state index is 0.00488. The van der Waals surface area contributed by atoms with Crippen LogP contribution in [0.15, 0.2) is 54.9 Å². The van der Waals surface area contributed by atoms with Crippen LogP contribution in [0, 0.1) is 5.41 Å². The third-order valence-corrected chi connectivity index (χ3v) is 3.35. The van der Waals surface area contributed by atoms with Gasteiger partial charge in [-0.3, -0.25) is 9.78 Å². The van der Waals surface area contributed by atoms with Crippen molar-refractivity contribution in [1.82, 2.24) is 10.3 Å². The number of hydrogen-bond donors (Lipinski definition) is 1. The molecule has 1 aromatic carbocycles. The first-order chi connectivity index (χ1) is 10.9. The summed E-state index contributed by atoms with van der Waals surface area (Å²) in [6, 6.07) is 13.1. The van der Waals surface area contributed by atoms with E-state index in [2.05, 4.69) is 31.1 Å². The van der Waals surface area contributed by atoms with E-state index < -0.39 is 0 Å². The zero-order valence-corrected chi connectivity index (χ0v) is 14.0. The standard InChI is InChI=1S/C19H24N2O2/c1-19(2,3)12-17(15-8-7-11-20-13-15)21-18(22)14-23-16-9-5-4-6-10-16/h4-11,13,17H,12,14H2,1-3H3,(H,21,22). The van der Waals surface area contributed by atoms with Gasteiger partial charge in [-0.05, 0) is 35.6 Å². The van der Waals surface area contributed by atoms with Crippen LogP contribution in [0.3, 0.4) is 0 Å². The molecule has 0 aliphatic rings. The lowest BCUT2D eigenvalue weighted by Crippen LogP contribution is -2.34. The number of rotatable bonds is 6. The van der Waals surface area contributed by atoms with E-state index in [1.807, 2.05) is 42.5 Å². The van der Waals surface area contributed by atoms with Crippen molar-refractivity contribution in [3.63, 3.8) is 0 Å². The fraction of sp³-hybridized carbons (Fsp3) is 0.368. The second kappa shape index (κ2) is 7.77. The summed E-state index contributed by atoms with van der Waals surface area (Å²) >= 11 is 0. The summed E-state index contributed by atoms with van der Waals surface area (Å²) in [6.07, 6.45) is 4.36. The van der Waals surface area contributed by atoms with Gasteiger partial charge < -0.3 is 10.1 Å². The van der Waals surface area contributed by atoms with Crippen molar-refractivity contribution in [1.29, 1.82) is 0 Å². The van der Waals surface area contributed by atoms with Crippen LogP contribution in [-0.4, -0.2) is 17.5 Å². The summed E-state index contributed by atoms with van der Waals surface area (Å²) in [6.45, 7) is 6.47. The molecule has 122 valence electrons. The molecule has 0 spiro atoms. The molecule has 0 radical (unpaired) electrons. The highest BCUT2D eigenvalue weighted by molar-refractivity contribution is 5.78. The Morgan fingerprint density at radius 2 is 1.91 bits per heavy atom. The van der Waals surface area contributed by atoms with Gasteiger partial charge in [-0.25, -0.2) is 0 Å². The number of carbonyl (C=O) groups excluding carboxylic acids is 1. The van der Waals surface area contributed by atoms with Gasteiger partial charge in [-0.2, -0.15) is 0 Å². The summed E-state index contributed by atoms with van der Waals surface area (Å²) < 4.78 is 5.51. The number of nitrogens with one attached hydrogen (secondary N) is 1. The molecule has 0 bridgehead atoms. The molecule has 1 aromatic heterocycles. The van der Waals surface area contributed by atoms with Crippen molar-refractivity contribution in [2.24, 2.45) is 5.41 Å². The Balaban J connectivity index is 1.98. The van der Waals surface area contributed by atoms with Gasteiger partial charge in [0.05, 0.1) is 6.04 Å². The van der Waals surface area contributed by atoms with Gasteiger partial charge in [0.15, 0.2) is 6.61 Å². The molecule has 0 saturated carbocycles. The minimum atomic E-state index is -0.132. The molecular weight excluding hydrogens is 288 g/mol. The minimum Gasteiger partial charge on any atom is -0.484 e. The Morgan fingerprint density at radius 3 is 2.52 bits per heavy atom. The van der Waals surface area contributed by atoms with E-state index in [0.717, 1.165) is 12.0 Å². The maximum Gasteiger partial charge on any atom is 0.258 e. The van der Waals surface area contributed by atoms with Gasteiger partial charge in [-0.15, -0.1) is 0 Å². The number of amides is 1. The van der Waals surface area contributed by atoms with Crippen LogP contribution in [-0.2, 0) is 4.79 Å². The first-order valence-corrected chi connectivity index (χ1v) is 7.81. The zero-order chi connectivity index (χ0) is 16.7. The number of para-hydroxylation sites is 1. The number of benzene rings is 1. The van der Waals surface area contributed by atoms with E-state index in [1.165, 1.54) is 0 Å². The average Bonchev–Trinajstić information content (AvgIpc) is 2.53. The van der Waals surface area contributed by atoms with Gasteiger partial charge in [0.25, 0.3) is 5.91 Å². The van der Waals surface area contributed by atoms with E-state index >= 15 is 0 Å². The molecule has 0 aliphatic heterocycles. The fourth-order valence-corrected chi connectivity index (χ4v) is 2.35. The van der Waals surface area contributed by atoms with Crippen LogP contribution in [0.1, 0.15) is 38.8 Å². The number of hydrogen-bond acceptors (Lipinski definition) is 3. The van der Waals surface area contributed by atoms with Gasteiger partial charge >= 0.3 is 0 Å². The number of aromatic nitrogens is 1. The maximum absolute atomic E-state index is 12.2. The lowest BCUT2D eigenvalue weighted by molar-refractivity contribution is -0.124. The normalized spacial score (nSPS) is 12.5. The van der Waals surface area contributed by atoms with Crippen LogP contribution in [0.2, 0.25) is 0 Å². The smallest absolute Gasteiger partial charge is 0.258 e. The summed E-state index contributed by atoms with van der Waals surface area (Å²) in [5, 5.41) is 3.06. The van der Waals surface area contributed by atoms with Gasteiger partial charge in [0, 0.05) is 12.4 Å². The van der Waals surface area contributed by atoms with Crippen molar-refractivity contribution in [2.75, 3.05) is 6.61 Å². The molecule has 0 saturated heterocycles. The molecule has 1 amide bonds. The van der Waals surface area contributed by atoms with Gasteiger partial charge in [-0.1, -0.05) is 45.0 Å². The topological polar surface area (TPSA) is 51.2 Å². The lowest BCUT2D eigenvalue weighted by atomic mass is 9.86. The molecular formula is C19H24N2O2. The van der Waals surface area contributed by atoms with E-state index in [4.69, 9.17) is 4.74 Å². The van der Waals surface area contributed by atoms with E-state index in [-0.39, 0.29) is 24.0 Å². The number of ether oxygens (including phenoxy) is 1. The van der Waals surface area contributed by atoms with Gasteiger partial charge in [0.1, 0.15) is 5.75 Å². The highest BCUT2D eigenvalue weighted by Gasteiger charge is 2.22. The number of carbonyl (C=O) groups is 1. The molecule has 1 N–H and O–H groups in total. The summed E-state index contributed by atoms with van der Waals surface area (Å²) in [5.41, 5.74) is 1.10. The lowest BCUT2D eigenvalue weighted by Gasteiger charge is -2.27. The Labute approximate surface area is 137 Å². The van der Waals surface area contributed by atoms with Crippen LogP contribution >= 0.6 is 0 Å². The van der Waals surface area contributed by atoms with Crippen molar-refractivity contribution in [3.05, 3.63) is 60.4 Å². The van der Waals surface area contributed by atoms with Crippen LogP contribution < -0.4 is 10.1 Å². The average molecular weight is 312 g/mol. The van der Waals surface area contributed by atoms with Crippen molar-refractivity contribution < 1.29 is 9.53 Å². The molecule has 1 unspecified atom stereocenters.